The third-order valence-electron chi connectivity index (χ3n) is 6.12. The van der Waals surface area contributed by atoms with Gasteiger partial charge in [-0.1, -0.05) is 56.0 Å². The van der Waals surface area contributed by atoms with Crippen LogP contribution in [0.3, 0.4) is 0 Å². The molecule has 1 saturated heterocycles. The van der Waals surface area contributed by atoms with Crippen LogP contribution < -0.4 is 10.2 Å². The van der Waals surface area contributed by atoms with Crippen LogP contribution >= 0.6 is 11.8 Å². The number of nitrogens with zero attached hydrogens (tertiary/aromatic N) is 1. The van der Waals surface area contributed by atoms with Crippen LogP contribution in [0.2, 0.25) is 0 Å². The lowest BCUT2D eigenvalue weighted by Gasteiger charge is -2.50. The second-order valence-electron chi connectivity index (χ2n) is 8.60. The third-order valence-corrected chi connectivity index (χ3v) is 7.02. The molecule has 30 heavy (non-hydrogen) atoms. The van der Waals surface area contributed by atoms with Gasteiger partial charge in [0.1, 0.15) is 0 Å². The number of anilines is 1. The van der Waals surface area contributed by atoms with Gasteiger partial charge in [0.25, 0.3) is 11.8 Å². The molecule has 3 aliphatic rings. The summed E-state index contributed by atoms with van der Waals surface area (Å²) in [6.07, 6.45) is 8.68. The Kier molecular flexibility index (Phi) is 4.66. The third kappa shape index (κ3) is 2.74. The molecule has 1 aromatic carbocycles. The van der Waals surface area contributed by atoms with Crippen molar-refractivity contribution in [3.8, 4) is 0 Å². The molecule has 0 bridgehead atoms. The molecule has 4 rings (SSSR count). The summed E-state index contributed by atoms with van der Waals surface area (Å²) in [6.45, 7) is 12.4. The van der Waals surface area contributed by atoms with Crippen molar-refractivity contribution in [2.45, 2.75) is 45.1 Å². The largest absolute Gasteiger partial charge is 0.302 e. The topological polar surface area (TPSA) is 73.3 Å². The minimum atomic E-state index is -0.470. The quantitative estimate of drug-likeness (QED) is 0.552. The highest BCUT2D eigenvalue weighted by Crippen LogP contribution is 2.57. The van der Waals surface area contributed by atoms with Crippen LogP contribution in [0.4, 0.5) is 5.69 Å². The van der Waals surface area contributed by atoms with E-state index in [4.69, 9.17) is 5.41 Å². The summed E-state index contributed by atoms with van der Waals surface area (Å²) < 4.78 is 0. The molecule has 0 radical (unpaired) electrons. The minimum absolute atomic E-state index is 0.0497. The summed E-state index contributed by atoms with van der Waals surface area (Å²) in [4.78, 5) is 28.2. The monoisotopic (exact) mass is 419 g/mol. The lowest BCUT2D eigenvalue weighted by molar-refractivity contribution is -0.116. The predicted molar refractivity (Wildman–Crippen MR) is 123 cm³/mol. The molecule has 1 aromatic rings. The second-order valence-corrected chi connectivity index (χ2v) is 9.63. The highest BCUT2D eigenvalue weighted by atomic mass is 32.2. The standard InChI is InChI=1S/C24H25N3O2S/c1-6-8-10-14(7-2)24(5)13-23(3,4)27-18-15(11-9-12-16(18)24)17(21(27)29)19-20(28)26-22(25)30-19/h6-12H,2,13H2,1,3-5H3,(H2,25,26,28)/b8-6+,14-10+,19-17-. The number of amidine groups is 1. The Morgan fingerprint density at radius 1 is 1.30 bits per heavy atom. The van der Waals surface area contributed by atoms with Gasteiger partial charge in [-0.2, -0.15) is 0 Å². The normalized spacial score (nSPS) is 27.7. The van der Waals surface area contributed by atoms with E-state index in [1.54, 1.807) is 0 Å². The first kappa shape index (κ1) is 20.4. The fraction of sp³-hybridized carbons (Fsp3) is 0.292. The molecule has 0 spiro atoms. The minimum Gasteiger partial charge on any atom is -0.302 e. The molecular weight excluding hydrogens is 394 g/mol. The molecule has 0 aromatic heterocycles. The number of hydrogen-bond donors (Lipinski definition) is 2. The van der Waals surface area contributed by atoms with E-state index in [2.05, 4.69) is 44.8 Å². The summed E-state index contributed by atoms with van der Waals surface area (Å²) in [6, 6.07) is 5.92. The zero-order valence-corrected chi connectivity index (χ0v) is 18.4. The number of carbonyl (C=O) groups is 2. The van der Waals surface area contributed by atoms with Crippen molar-refractivity contribution in [3.05, 3.63) is 70.7 Å². The number of amides is 2. The van der Waals surface area contributed by atoms with Gasteiger partial charge in [0.05, 0.1) is 16.2 Å². The first-order valence-corrected chi connectivity index (χ1v) is 10.7. The highest BCUT2D eigenvalue weighted by molar-refractivity contribution is 8.18. The lowest BCUT2D eigenvalue weighted by atomic mass is 9.64. The predicted octanol–water partition coefficient (Wildman–Crippen LogP) is 4.67. The summed E-state index contributed by atoms with van der Waals surface area (Å²) in [5.74, 6) is -0.555. The SMILES string of the molecule is C=C/C(=C\C=C\C)C1(C)CC(C)(C)N2C(=O)/C(=C3\SC(=N)NC3=O)c3cccc1c32. The molecule has 2 amide bonds. The molecule has 3 aliphatic heterocycles. The van der Waals surface area contributed by atoms with Gasteiger partial charge < -0.3 is 10.2 Å². The average molecular weight is 420 g/mol. The van der Waals surface area contributed by atoms with E-state index in [0.29, 0.717) is 10.5 Å². The lowest BCUT2D eigenvalue weighted by Crippen LogP contribution is -2.54. The van der Waals surface area contributed by atoms with Gasteiger partial charge in [0.2, 0.25) is 0 Å². The Morgan fingerprint density at radius 2 is 2.03 bits per heavy atom. The summed E-state index contributed by atoms with van der Waals surface area (Å²) in [5, 5.41) is 10.4. The second kappa shape index (κ2) is 6.84. The van der Waals surface area contributed by atoms with Crippen LogP contribution in [0.1, 0.15) is 45.2 Å². The molecule has 1 atom stereocenters. The Labute approximate surface area is 181 Å². The smallest absolute Gasteiger partial charge is 0.264 e. The summed E-state index contributed by atoms with van der Waals surface area (Å²) in [7, 11) is 0. The van der Waals surface area contributed by atoms with Gasteiger partial charge in [0, 0.05) is 16.5 Å². The van der Waals surface area contributed by atoms with Gasteiger partial charge in [-0.05, 0) is 50.1 Å². The molecule has 154 valence electrons. The molecule has 5 nitrogen and oxygen atoms in total. The van der Waals surface area contributed by atoms with E-state index in [9.17, 15) is 9.59 Å². The van der Waals surface area contributed by atoms with Gasteiger partial charge >= 0.3 is 0 Å². The Morgan fingerprint density at radius 3 is 2.63 bits per heavy atom. The van der Waals surface area contributed by atoms with Crippen LogP contribution in [0.25, 0.3) is 5.57 Å². The number of thioether (sulfide) groups is 1. The molecule has 2 N–H and O–H groups in total. The van der Waals surface area contributed by atoms with Gasteiger partial charge in [-0.25, -0.2) is 0 Å². The Bertz CT molecular complexity index is 1110. The average Bonchev–Trinajstić information content (AvgIpc) is 3.15. The van der Waals surface area contributed by atoms with Crippen molar-refractivity contribution < 1.29 is 9.59 Å². The van der Waals surface area contributed by atoms with E-state index in [1.165, 1.54) is 0 Å². The van der Waals surface area contributed by atoms with Crippen LogP contribution in [0, 0.1) is 5.41 Å². The Balaban J connectivity index is 2.03. The van der Waals surface area contributed by atoms with Gasteiger partial charge in [-0.15, -0.1) is 0 Å². The maximum absolute atomic E-state index is 13.6. The number of nitrogens with one attached hydrogen (secondary N) is 2. The van der Waals surface area contributed by atoms with E-state index >= 15 is 0 Å². The van der Waals surface area contributed by atoms with Crippen LogP contribution in [0.5, 0.6) is 0 Å². The number of allylic oxidation sites excluding steroid dienone is 5. The van der Waals surface area contributed by atoms with Crippen molar-refractivity contribution in [1.29, 1.82) is 5.41 Å². The zero-order valence-electron chi connectivity index (χ0n) is 17.6. The van der Waals surface area contributed by atoms with Crippen molar-refractivity contribution in [2.24, 2.45) is 0 Å². The van der Waals surface area contributed by atoms with Crippen molar-refractivity contribution in [3.63, 3.8) is 0 Å². The van der Waals surface area contributed by atoms with Crippen molar-refractivity contribution in [2.75, 3.05) is 4.90 Å². The first-order valence-electron chi connectivity index (χ1n) is 9.92. The molecule has 6 heteroatoms. The molecule has 0 aliphatic carbocycles. The molecular formula is C24H25N3O2S. The zero-order chi connectivity index (χ0) is 21.8. The number of carbonyl (C=O) groups excluding carboxylic acids is 2. The number of rotatable bonds is 3. The summed E-state index contributed by atoms with van der Waals surface area (Å²) in [5.41, 5.74) is 3.35. The maximum Gasteiger partial charge on any atom is 0.264 e. The number of para-hydroxylation sites is 1. The molecule has 0 saturated carbocycles. The fourth-order valence-electron chi connectivity index (χ4n) is 5.03. The highest BCUT2D eigenvalue weighted by Gasteiger charge is 2.53. The van der Waals surface area contributed by atoms with E-state index in [0.717, 1.165) is 40.6 Å². The number of hydrogen-bond acceptors (Lipinski definition) is 4. The fourth-order valence-corrected chi connectivity index (χ4v) is 5.82. The summed E-state index contributed by atoms with van der Waals surface area (Å²) >= 11 is 1.02. The first-order chi connectivity index (χ1) is 14.2. The Hall–Kier alpha value is -2.86. The molecule has 1 fully saturated rings. The maximum atomic E-state index is 13.6. The van der Waals surface area contributed by atoms with E-state index < -0.39 is 5.54 Å². The van der Waals surface area contributed by atoms with Crippen molar-refractivity contribution in [1.82, 2.24) is 5.32 Å². The molecule has 1 unspecified atom stereocenters. The van der Waals surface area contributed by atoms with Gasteiger partial charge in [-0.3, -0.25) is 15.0 Å². The van der Waals surface area contributed by atoms with E-state index in [-0.39, 0.29) is 22.4 Å². The number of benzene rings is 1. The van der Waals surface area contributed by atoms with E-state index in [1.807, 2.05) is 42.2 Å². The van der Waals surface area contributed by atoms with Crippen LogP contribution in [-0.2, 0) is 15.0 Å². The van der Waals surface area contributed by atoms with Crippen LogP contribution in [-0.4, -0.2) is 22.5 Å². The van der Waals surface area contributed by atoms with Crippen molar-refractivity contribution >= 4 is 40.0 Å². The molecule has 3 heterocycles. The van der Waals surface area contributed by atoms with Crippen LogP contribution in [0.15, 0.2) is 59.6 Å². The van der Waals surface area contributed by atoms with Gasteiger partial charge in [0.15, 0.2) is 5.17 Å².